The zero-order chi connectivity index (χ0) is 31.0. The van der Waals surface area contributed by atoms with Crippen LogP contribution in [0.25, 0.3) is 22.3 Å². The molecule has 0 aliphatic heterocycles. The van der Waals surface area contributed by atoms with E-state index in [1.807, 2.05) is 24.3 Å². The number of carboxylic acids is 1. The van der Waals surface area contributed by atoms with Crippen molar-refractivity contribution in [3.05, 3.63) is 125 Å². The van der Waals surface area contributed by atoms with Gasteiger partial charge in [-0.25, -0.2) is 4.79 Å². The van der Waals surface area contributed by atoms with E-state index >= 15 is 0 Å². The van der Waals surface area contributed by atoms with E-state index in [0.717, 1.165) is 28.6 Å². The van der Waals surface area contributed by atoms with Gasteiger partial charge in [0.2, 0.25) is 0 Å². The first-order valence-electron chi connectivity index (χ1n) is 14.8. The Labute approximate surface area is 258 Å². The van der Waals surface area contributed by atoms with Gasteiger partial charge in [-0.05, 0) is 117 Å². The van der Waals surface area contributed by atoms with Crippen molar-refractivity contribution in [2.45, 2.75) is 38.5 Å². The average Bonchev–Trinajstić information content (AvgIpc) is 3.39. The number of ether oxygens (including phenoxy) is 2. The molecule has 0 fully saturated rings. The highest BCUT2D eigenvalue weighted by Crippen LogP contribution is 2.53. The number of carbonyl (C=O) groups is 1. The summed E-state index contributed by atoms with van der Waals surface area (Å²) >= 11 is 0. The second-order valence-corrected chi connectivity index (χ2v) is 12.7. The predicted octanol–water partition coefficient (Wildman–Crippen LogP) is 9.48. The molecule has 5 aromatic carbocycles. The zero-order valence-corrected chi connectivity index (χ0v) is 25.9. The number of anilines is 3. The first-order chi connectivity index (χ1) is 21.0. The molecule has 5 heteroatoms. The van der Waals surface area contributed by atoms with E-state index in [0.29, 0.717) is 0 Å². The Morgan fingerprint density at radius 1 is 0.545 bits per heavy atom. The minimum Gasteiger partial charge on any atom is -0.497 e. The maximum atomic E-state index is 11.7. The summed E-state index contributed by atoms with van der Waals surface area (Å²) in [6.45, 7) is 9.04. The van der Waals surface area contributed by atoms with Crippen molar-refractivity contribution in [3.63, 3.8) is 0 Å². The van der Waals surface area contributed by atoms with Gasteiger partial charge in [-0.3, -0.25) is 0 Å². The number of rotatable bonds is 6. The van der Waals surface area contributed by atoms with Crippen LogP contribution in [0.4, 0.5) is 17.1 Å². The van der Waals surface area contributed by atoms with Gasteiger partial charge in [0.05, 0.1) is 19.8 Å². The minimum atomic E-state index is -0.942. The summed E-state index contributed by atoms with van der Waals surface area (Å²) in [4.78, 5) is 13.9. The van der Waals surface area contributed by atoms with E-state index in [9.17, 15) is 9.90 Å². The van der Waals surface area contributed by atoms with Crippen LogP contribution in [0, 0.1) is 0 Å². The SMILES string of the molecule is COc1ccc2c(c1)C(C)(C)c1cc(N(c3ccc(C(=O)O)cc3)c3ccc4c(c3)C(C)(C)c3cc(OC)ccc3-4)ccc1-2. The highest BCUT2D eigenvalue weighted by atomic mass is 16.5. The molecule has 0 saturated heterocycles. The maximum absolute atomic E-state index is 11.7. The van der Waals surface area contributed by atoms with Gasteiger partial charge in [0, 0.05) is 27.9 Å². The van der Waals surface area contributed by atoms with Crippen molar-refractivity contribution < 1.29 is 19.4 Å². The molecule has 0 amide bonds. The molecule has 1 N–H and O–H groups in total. The number of hydrogen-bond acceptors (Lipinski definition) is 4. The van der Waals surface area contributed by atoms with Crippen molar-refractivity contribution in [1.82, 2.24) is 0 Å². The highest BCUT2D eigenvalue weighted by Gasteiger charge is 2.38. The largest absolute Gasteiger partial charge is 0.497 e. The molecule has 5 aromatic rings. The van der Waals surface area contributed by atoms with Crippen LogP contribution in [-0.4, -0.2) is 25.3 Å². The van der Waals surface area contributed by atoms with Crippen LogP contribution < -0.4 is 14.4 Å². The van der Waals surface area contributed by atoms with Crippen molar-refractivity contribution in [1.29, 1.82) is 0 Å². The molecule has 2 aliphatic rings. The molecule has 0 bridgehead atoms. The predicted molar refractivity (Wildman–Crippen MR) is 176 cm³/mol. The van der Waals surface area contributed by atoms with Gasteiger partial charge in [0.15, 0.2) is 0 Å². The second kappa shape index (κ2) is 9.75. The van der Waals surface area contributed by atoms with Crippen molar-refractivity contribution in [2.75, 3.05) is 19.1 Å². The fraction of sp³-hybridized carbons (Fsp3) is 0.205. The summed E-state index contributed by atoms with van der Waals surface area (Å²) in [5.41, 5.74) is 12.6. The Balaban J connectivity index is 1.39. The van der Waals surface area contributed by atoms with E-state index < -0.39 is 5.97 Å². The third-order valence-electron chi connectivity index (χ3n) is 9.62. The van der Waals surface area contributed by atoms with Crippen molar-refractivity contribution in [2.24, 2.45) is 0 Å². The van der Waals surface area contributed by atoms with Gasteiger partial charge < -0.3 is 19.5 Å². The Morgan fingerprint density at radius 3 is 1.30 bits per heavy atom. The molecule has 0 radical (unpaired) electrons. The first-order valence-corrected chi connectivity index (χ1v) is 14.8. The van der Waals surface area contributed by atoms with Gasteiger partial charge >= 0.3 is 5.97 Å². The van der Waals surface area contributed by atoms with Gasteiger partial charge in [-0.1, -0.05) is 52.0 Å². The average molecular weight is 582 g/mol. The van der Waals surface area contributed by atoms with Crippen molar-refractivity contribution in [3.8, 4) is 33.8 Å². The van der Waals surface area contributed by atoms with Gasteiger partial charge in [0.25, 0.3) is 0 Å². The summed E-state index contributed by atoms with van der Waals surface area (Å²) < 4.78 is 11.1. The molecule has 0 spiro atoms. The number of methoxy groups -OCH3 is 2. The number of aromatic carboxylic acids is 1. The monoisotopic (exact) mass is 581 g/mol. The molecule has 0 heterocycles. The topological polar surface area (TPSA) is 59.0 Å². The summed E-state index contributed by atoms with van der Waals surface area (Å²) in [6.07, 6.45) is 0. The van der Waals surface area contributed by atoms with E-state index in [4.69, 9.17) is 9.47 Å². The Hall–Kier alpha value is -5.03. The molecule has 2 aliphatic carbocycles. The van der Waals surface area contributed by atoms with Crippen molar-refractivity contribution >= 4 is 23.0 Å². The van der Waals surface area contributed by atoms with Crippen LogP contribution in [0.3, 0.4) is 0 Å². The number of carboxylic acid groups (broad SMARTS) is 1. The lowest BCUT2D eigenvalue weighted by Crippen LogP contribution is -2.18. The van der Waals surface area contributed by atoms with Crippen LogP contribution in [0.2, 0.25) is 0 Å². The molecule has 0 aromatic heterocycles. The van der Waals surface area contributed by atoms with E-state index in [1.165, 1.54) is 44.5 Å². The molecule has 0 saturated carbocycles. The maximum Gasteiger partial charge on any atom is 0.335 e. The molecule has 0 unspecified atom stereocenters. The Morgan fingerprint density at radius 2 is 0.909 bits per heavy atom. The lowest BCUT2D eigenvalue weighted by Gasteiger charge is -2.29. The van der Waals surface area contributed by atoms with Crippen LogP contribution in [0.1, 0.15) is 60.3 Å². The fourth-order valence-corrected chi connectivity index (χ4v) is 7.14. The third kappa shape index (κ3) is 4.03. The molecular formula is C39H35NO4. The molecular weight excluding hydrogens is 546 g/mol. The van der Waals surface area contributed by atoms with Crippen LogP contribution in [0.15, 0.2) is 97.1 Å². The molecule has 220 valence electrons. The summed E-state index contributed by atoms with van der Waals surface area (Å²) in [7, 11) is 3.41. The zero-order valence-electron chi connectivity index (χ0n) is 25.9. The third-order valence-corrected chi connectivity index (χ3v) is 9.62. The lowest BCUT2D eigenvalue weighted by molar-refractivity contribution is 0.0697. The second-order valence-electron chi connectivity index (χ2n) is 12.7. The van der Waals surface area contributed by atoms with Gasteiger partial charge in [-0.15, -0.1) is 0 Å². The minimum absolute atomic E-state index is 0.228. The lowest BCUT2D eigenvalue weighted by atomic mass is 9.82. The summed E-state index contributed by atoms with van der Waals surface area (Å²) in [5, 5.41) is 9.59. The Kier molecular flexibility index (Phi) is 6.15. The van der Waals surface area contributed by atoms with Crippen LogP contribution in [-0.2, 0) is 10.8 Å². The standard InChI is InChI=1S/C39H35NO4/c1-38(2)33-19-25(11-15-29(33)31-17-13-27(43-5)21-35(31)38)40(24-9-7-23(8-10-24)37(41)42)26-12-16-30-32-18-14-28(44-6)22-36(32)39(3,4)34(30)20-26/h7-22H,1-6H3,(H,41,42). The van der Waals surface area contributed by atoms with E-state index in [1.54, 1.807) is 26.4 Å². The molecule has 44 heavy (non-hydrogen) atoms. The Bertz CT molecular complexity index is 1850. The molecule has 5 nitrogen and oxygen atoms in total. The molecule has 7 rings (SSSR count). The molecule has 0 atom stereocenters. The van der Waals surface area contributed by atoms with Crippen LogP contribution >= 0.6 is 0 Å². The summed E-state index contributed by atoms with van der Waals surface area (Å²) in [5.74, 6) is 0.761. The number of fused-ring (bicyclic) bond motifs is 6. The number of hydrogen-bond donors (Lipinski definition) is 1. The highest BCUT2D eigenvalue weighted by molar-refractivity contribution is 5.91. The first kappa shape index (κ1) is 27.8. The smallest absolute Gasteiger partial charge is 0.335 e. The van der Waals surface area contributed by atoms with Gasteiger partial charge in [-0.2, -0.15) is 0 Å². The summed E-state index contributed by atoms with van der Waals surface area (Å²) in [6, 6.07) is 33.1. The normalized spacial score (nSPS) is 14.7. The number of benzene rings is 5. The van der Waals surface area contributed by atoms with Gasteiger partial charge in [0.1, 0.15) is 11.5 Å². The fourth-order valence-electron chi connectivity index (χ4n) is 7.14. The van der Waals surface area contributed by atoms with E-state index in [-0.39, 0.29) is 16.4 Å². The van der Waals surface area contributed by atoms with E-state index in [2.05, 4.69) is 93.3 Å². The number of nitrogens with zero attached hydrogens (tertiary/aromatic N) is 1. The quantitative estimate of drug-likeness (QED) is 0.216. The van der Waals surface area contributed by atoms with Crippen LogP contribution in [0.5, 0.6) is 11.5 Å².